The lowest BCUT2D eigenvalue weighted by atomic mass is 10.1. The summed E-state index contributed by atoms with van der Waals surface area (Å²) in [6.45, 7) is 2.40. The van der Waals surface area contributed by atoms with Crippen molar-refractivity contribution >= 4 is 17.6 Å². The lowest BCUT2D eigenvalue weighted by Crippen LogP contribution is -2.38. The van der Waals surface area contributed by atoms with Gasteiger partial charge in [-0.05, 0) is 31.4 Å². The zero-order chi connectivity index (χ0) is 14.4. The summed E-state index contributed by atoms with van der Waals surface area (Å²) in [5, 5.41) is 0.452. The van der Waals surface area contributed by atoms with Crippen LogP contribution in [0.3, 0.4) is 0 Å². The van der Waals surface area contributed by atoms with E-state index in [0.717, 1.165) is 25.9 Å². The van der Waals surface area contributed by atoms with Gasteiger partial charge in [0.2, 0.25) is 0 Å². The maximum absolute atomic E-state index is 13.6. The highest BCUT2D eigenvalue weighted by Crippen LogP contribution is 2.19. The van der Waals surface area contributed by atoms with Gasteiger partial charge >= 0.3 is 0 Å². The van der Waals surface area contributed by atoms with Crippen LogP contribution in [-0.2, 0) is 6.42 Å². The summed E-state index contributed by atoms with van der Waals surface area (Å²) in [5.41, 5.74) is 6.52. The normalized spacial score (nSPS) is 17.1. The molecular weight excluding hydrogens is 277 g/mol. The number of nitrogens with zero attached hydrogens (tertiary/aromatic N) is 2. The van der Waals surface area contributed by atoms with Crippen LogP contribution in [0.4, 0.5) is 4.39 Å². The maximum Gasteiger partial charge on any atom is 0.191 e. The molecule has 0 atom stereocenters. The molecule has 2 rings (SSSR count). The number of guanidine groups is 1. The number of benzene rings is 1. The van der Waals surface area contributed by atoms with Crippen molar-refractivity contribution < 1.29 is 4.39 Å². The summed E-state index contributed by atoms with van der Waals surface area (Å²) in [6.07, 6.45) is 5.31. The van der Waals surface area contributed by atoms with E-state index in [9.17, 15) is 4.39 Å². The van der Waals surface area contributed by atoms with E-state index in [2.05, 4.69) is 9.89 Å². The molecular formula is C15H21ClFN3. The van der Waals surface area contributed by atoms with Crippen molar-refractivity contribution in [2.24, 2.45) is 10.7 Å². The molecule has 1 saturated heterocycles. The molecule has 1 aromatic rings. The fourth-order valence-corrected chi connectivity index (χ4v) is 2.71. The zero-order valence-corrected chi connectivity index (χ0v) is 12.4. The quantitative estimate of drug-likeness (QED) is 0.687. The average molecular weight is 298 g/mol. The van der Waals surface area contributed by atoms with E-state index >= 15 is 0 Å². The number of rotatable bonds is 3. The van der Waals surface area contributed by atoms with Crippen LogP contribution in [-0.4, -0.2) is 30.5 Å². The highest BCUT2D eigenvalue weighted by molar-refractivity contribution is 6.31. The molecule has 0 saturated carbocycles. The smallest absolute Gasteiger partial charge is 0.191 e. The Bertz CT molecular complexity index is 448. The first kappa shape index (κ1) is 15.1. The number of aliphatic imine (C=N–C) groups is 1. The first-order chi connectivity index (χ1) is 9.68. The van der Waals surface area contributed by atoms with Gasteiger partial charge in [0.05, 0.1) is 0 Å². The molecule has 1 aliphatic rings. The molecule has 5 heteroatoms. The third-order valence-corrected chi connectivity index (χ3v) is 3.98. The predicted octanol–water partition coefficient (Wildman–Crippen LogP) is 3.21. The summed E-state index contributed by atoms with van der Waals surface area (Å²) >= 11 is 5.98. The summed E-state index contributed by atoms with van der Waals surface area (Å²) < 4.78 is 13.6. The average Bonchev–Trinajstić information content (AvgIpc) is 2.71. The minimum absolute atomic E-state index is 0.277. The van der Waals surface area contributed by atoms with E-state index in [1.807, 2.05) is 0 Å². The molecule has 110 valence electrons. The van der Waals surface area contributed by atoms with Crippen LogP contribution in [0.5, 0.6) is 0 Å². The van der Waals surface area contributed by atoms with Gasteiger partial charge in [-0.2, -0.15) is 0 Å². The summed E-state index contributed by atoms with van der Waals surface area (Å²) in [6, 6.07) is 4.72. The molecule has 1 heterocycles. The van der Waals surface area contributed by atoms with Gasteiger partial charge in [0, 0.05) is 30.2 Å². The molecule has 1 aliphatic heterocycles. The van der Waals surface area contributed by atoms with Crippen molar-refractivity contribution in [1.82, 2.24) is 4.90 Å². The molecule has 1 aromatic carbocycles. The van der Waals surface area contributed by atoms with E-state index in [1.54, 1.807) is 12.1 Å². The Labute approximate surface area is 124 Å². The van der Waals surface area contributed by atoms with Gasteiger partial charge in [0.1, 0.15) is 5.82 Å². The lowest BCUT2D eigenvalue weighted by Gasteiger charge is -2.21. The van der Waals surface area contributed by atoms with E-state index in [1.165, 1.54) is 18.9 Å². The van der Waals surface area contributed by atoms with Crippen molar-refractivity contribution in [3.8, 4) is 0 Å². The molecule has 0 unspecified atom stereocenters. The van der Waals surface area contributed by atoms with Crippen LogP contribution in [0.1, 0.15) is 31.2 Å². The van der Waals surface area contributed by atoms with E-state index < -0.39 is 0 Å². The molecule has 0 radical (unpaired) electrons. The number of likely N-dealkylation sites (tertiary alicyclic amines) is 1. The van der Waals surface area contributed by atoms with Crippen LogP contribution in [0, 0.1) is 5.82 Å². The van der Waals surface area contributed by atoms with Crippen LogP contribution in [0.15, 0.2) is 23.2 Å². The van der Waals surface area contributed by atoms with E-state index in [0.29, 0.717) is 29.5 Å². The Kier molecular flexibility index (Phi) is 5.65. The summed E-state index contributed by atoms with van der Waals surface area (Å²) in [5.74, 6) is 0.292. The molecule has 1 fully saturated rings. The molecule has 20 heavy (non-hydrogen) atoms. The van der Waals surface area contributed by atoms with E-state index in [4.69, 9.17) is 17.3 Å². The van der Waals surface area contributed by atoms with Crippen LogP contribution < -0.4 is 5.73 Å². The molecule has 0 aliphatic carbocycles. The van der Waals surface area contributed by atoms with Crippen LogP contribution in [0.2, 0.25) is 5.02 Å². The zero-order valence-electron chi connectivity index (χ0n) is 11.6. The third kappa shape index (κ3) is 4.10. The molecule has 0 amide bonds. The first-order valence-electron chi connectivity index (χ1n) is 7.16. The number of hydrogen-bond acceptors (Lipinski definition) is 1. The standard InChI is InChI=1S/C15H21ClFN3/c16-13-6-5-7-14(17)12(13)8-9-19-15(18)20-10-3-1-2-4-11-20/h5-7H,1-4,8-11H2,(H2,18,19). The van der Waals surface area contributed by atoms with Crippen molar-refractivity contribution in [2.45, 2.75) is 32.1 Å². The highest BCUT2D eigenvalue weighted by atomic mass is 35.5. The molecule has 2 N–H and O–H groups in total. The fraction of sp³-hybridized carbons (Fsp3) is 0.533. The van der Waals surface area contributed by atoms with Crippen molar-refractivity contribution in [1.29, 1.82) is 0 Å². The largest absolute Gasteiger partial charge is 0.370 e. The maximum atomic E-state index is 13.6. The minimum atomic E-state index is -0.277. The van der Waals surface area contributed by atoms with Gasteiger partial charge in [0.25, 0.3) is 0 Å². The first-order valence-corrected chi connectivity index (χ1v) is 7.54. The van der Waals surface area contributed by atoms with Gasteiger partial charge in [-0.3, -0.25) is 4.99 Å². The SMILES string of the molecule is NC(=NCCc1c(F)cccc1Cl)N1CCCCCC1. The van der Waals surface area contributed by atoms with Crippen LogP contribution in [0.25, 0.3) is 0 Å². The van der Waals surface area contributed by atoms with Gasteiger partial charge in [-0.1, -0.05) is 30.5 Å². The van der Waals surface area contributed by atoms with Crippen molar-refractivity contribution in [3.05, 3.63) is 34.6 Å². The van der Waals surface area contributed by atoms with Gasteiger partial charge < -0.3 is 10.6 Å². The van der Waals surface area contributed by atoms with Crippen molar-refractivity contribution in [2.75, 3.05) is 19.6 Å². The Morgan fingerprint density at radius 1 is 1.25 bits per heavy atom. The number of hydrogen-bond donors (Lipinski definition) is 1. The number of halogens is 2. The molecule has 3 nitrogen and oxygen atoms in total. The Hall–Kier alpha value is -1.29. The second-order valence-electron chi connectivity index (χ2n) is 5.09. The topological polar surface area (TPSA) is 41.6 Å². The second-order valence-corrected chi connectivity index (χ2v) is 5.50. The molecule has 0 bridgehead atoms. The third-order valence-electron chi connectivity index (χ3n) is 3.63. The fourth-order valence-electron chi connectivity index (χ4n) is 2.45. The van der Waals surface area contributed by atoms with Gasteiger partial charge in [-0.15, -0.1) is 0 Å². The van der Waals surface area contributed by atoms with Crippen LogP contribution >= 0.6 is 11.6 Å². The summed E-state index contributed by atoms with van der Waals surface area (Å²) in [4.78, 5) is 6.48. The van der Waals surface area contributed by atoms with Gasteiger partial charge in [0.15, 0.2) is 5.96 Å². The lowest BCUT2D eigenvalue weighted by molar-refractivity contribution is 0.428. The van der Waals surface area contributed by atoms with Crippen molar-refractivity contribution in [3.63, 3.8) is 0 Å². The minimum Gasteiger partial charge on any atom is -0.370 e. The molecule has 0 spiro atoms. The molecule has 0 aromatic heterocycles. The predicted molar refractivity (Wildman–Crippen MR) is 81.6 cm³/mol. The second kappa shape index (κ2) is 7.48. The monoisotopic (exact) mass is 297 g/mol. The Morgan fingerprint density at radius 2 is 1.95 bits per heavy atom. The Morgan fingerprint density at radius 3 is 2.60 bits per heavy atom. The highest BCUT2D eigenvalue weighted by Gasteiger charge is 2.11. The van der Waals surface area contributed by atoms with Gasteiger partial charge in [-0.25, -0.2) is 4.39 Å². The summed E-state index contributed by atoms with van der Waals surface area (Å²) in [7, 11) is 0. The van der Waals surface area contributed by atoms with E-state index in [-0.39, 0.29) is 5.82 Å². The number of nitrogens with two attached hydrogens (primary N) is 1. The Balaban J connectivity index is 1.91.